The minimum Gasteiger partial charge on any atom is -0.373 e. The molecule has 26 heavy (non-hydrogen) atoms. The second-order valence-corrected chi connectivity index (χ2v) is 8.32. The van der Waals surface area contributed by atoms with Gasteiger partial charge in [0.05, 0.1) is 12.2 Å². The molecule has 6 heteroatoms. The van der Waals surface area contributed by atoms with Gasteiger partial charge in [0, 0.05) is 43.4 Å². The number of nitrogens with one attached hydrogen (secondary N) is 2. The Kier molecular flexibility index (Phi) is 8.75. The lowest BCUT2D eigenvalue weighted by atomic mass is 10.1. The third-order valence-electron chi connectivity index (χ3n) is 4.57. The van der Waals surface area contributed by atoms with E-state index >= 15 is 0 Å². The van der Waals surface area contributed by atoms with Crippen LogP contribution in [0.5, 0.6) is 0 Å². The molecule has 2 rings (SSSR count). The summed E-state index contributed by atoms with van der Waals surface area (Å²) in [5, 5.41) is 5.87. The predicted octanol–water partition coefficient (Wildman–Crippen LogP) is 3.19. The Hall–Kier alpha value is -1.24. The van der Waals surface area contributed by atoms with E-state index in [-0.39, 0.29) is 6.03 Å². The highest BCUT2D eigenvalue weighted by molar-refractivity contribution is 7.99. The van der Waals surface area contributed by atoms with Crippen LogP contribution in [-0.4, -0.2) is 61.6 Å². The van der Waals surface area contributed by atoms with Crippen molar-refractivity contribution in [3.63, 3.8) is 0 Å². The lowest BCUT2D eigenvalue weighted by Gasteiger charge is -2.35. The van der Waals surface area contributed by atoms with Gasteiger partial charge in [-0.25, -0.2) is 4.79 Å². The van der Waals surface area contributed by atoms with Crippen LogP contribution in [0.4, 0.5) is 4.79 Å². The highest BCUT2D eigenvalue weighted by Gasteiger charge is 2.21. The van der Waals surface area contributed by atoms with Crippen molar-refractivity contribution in [2.45, 2.75) is 51.2 Å². The highest BCUT2D eigenvalue weighted by atomic mass is 32.2. The Morgan fingerprint density at radius 1 is 1.15 bits per heavy atom. The zero-order valence-electron chi connectivity index (χ0n) is 16.5. The molecule has 1 aromatic carbocycles. The summed E-state index contributed by atoms with van der Waals surface area (Å²) in [7, 11) is 0. The number of ether oxygens (including phenoxy) is 1. The van der Waals surface area contributed by atoms with Crippen molar-refractivity contribution >= 4 is 17.8 Å². The first-order valence-electron chi connectivity index (χ1n) is 9.53. The number of morpholine rings is 1. The molecule has 0 unspecified atom stereocenters. The van der Waals surface area contributed by atoms with Crippen molar-refractivity contribution < 1.29 is 9.53 Å². The largest absolute Gasteiger partial charge is 0.373 e. The molecule has 1 aliphatic rings. The van der Waals surface area contributed by atoms with Crippen molar-refractivity contribution in [1.29, 1.82) is 0 Å². The Bertz CT molecular complexity index is 572. The van der Waals surface area contributed by atoms with E-state index in [0.717, 1.165) is 31.8 Å². The monoisotopic (exact) mass is 379 g/mol. The summed E-state index contributed by atoms with van der Waals surface area (Å²) in [5.41, 5.74) is 2.62. The van der Waals surface area contributed by atoms with Gasteiger partial charge in [0.15, 0.2) is 0 Å². The maximum absolute atomic E-state index is 11.8. The van der Waals surface area contributed by atoms with Crippen molar-refractivity contribution in [2.24, 2.45) is 0 Å². The van der Waals surface area contributed by atoms with Crippen LogP contribution in [0.1, 0.15) is 31.4 Å². The fourth-order valence-corrected chi connectivity index (χ4v) is 4.04. The first-order chi connectivity index (χ1) is 12.4. The fraction of sp³-hybridized carbons (Fsp3) is 0.650. The van der Waals surface area contributed by atoms with E-state index in [9.17, 15) is 4.79 Å². The van der Waals surface area contributed by atoms with Gasteiger partial charge in [-0.05, 0) is 57.4 Å². The van der Waals surface area contributed by atoms with Gasteiger partial charge in [0.2, 0.25) is 0 Å². The highest BCUT2D eigenvalue weighted by Crippen LogP contribution is 2.20. The van der Waals surface area contributed by atoms with Gasteiger partial charge in [-0.15, -0.1) is 11.8 Å². The smallest absolute Gasteiger partial charge is 0.314 e. The zero-order valence-corrected chi connectivity index (χ0v) is 17.3. The van der Waals surface area contributed by atoms with Crippen LogP contribution in [-0.2, 0) is 4.74 Å². The van der Waals surface area contributed by atoms with Crippen LogP contribution in [0.15, 0.2) is 23.1 Å². The van der Waals surface area contributed by atoms with Crippen LogP contribution < -0.4 is 10.6 Å². The molecule has 2 amide bonds. The predicted molar refractivity (Wildman–Crippen MR) is 109 cm³/mol. The third kappa shape index (κ3) is 7.56. The van der Waals surface area contributed by atoms with Crippen molar-refractivity contribution in [1.82, 2.24) is 15.5 Å². The van der Waals surface area contributed by atoms with Gasteiger partial charge >= 0.3 is 6.03 Å². The van der Waals surface area contributed by atoms with Crippen LogP contribution in [0.3, 0.4) is 0 Å². The molecule has 1 heterocycles. The minimum absolute atomic E-state index is 0.0746. The summed E-state index contributed by atoms with van der Waals surface area (Å²) >= 11 is 1.77. The van der Waals surface area contributed by atoms with E-state index in [2.05, 4.69) is 61.4 Å². The molecule has 2 N–H and O–H groups in total. The molecule has 0 aromatic heterocycles. The second-order valence-electron chi connectivity index (χ2n) is 7.15. The van der Waals surface area contributed by atoms with Crippen LogP contribution in [0, 0.1) is 13.8 Å². The number of rotatable bonds is 8. The van der Waals surface area contributed by atoms with E-state index in [1.807, 2.05) is 0 Å². The zero-order chi connectivity index (χ0) is 18.9. The summed E-state index contributed by atoms with van der Waals surface area (Å²) in [6.07, 6.45) is 1.55. The third-order valence-corrected chi connectivity index (χ3v) is 5.56. The van der Waals surface area contributed by atoms with Crippen molar-refractivity contribution in [2.75, 3.05) is 38.5 Å². The molecule has 1 fully saturated rings. The summed E-state index contributed by atoms with van der Waals surface area (Å²) in [6.45, 7) is 12.8. The maximum Gasteiger partial charge on any atom is 0.314 e. The molecule has 0 radical (unpaired) electrons. The lowest BCUT2D eigenvalue weighted by Crippen LogP contribution is -2.46. The number of hydrogen-bond donors (Lipinski definition) is 2. The fourth-order valence-electron chi connectivity index (χ4n) is 3.17. The molecule has 0 saturated carbocycles. The van der Waals surface area contributed by atoms with Gasteiger partial charge in [-0.3, -0.25) is 4.90 Å². The van der Waals surface area contributed by atoms with Crippen LogP contribution in [0.2, 0.25) is 0 Å². The molecule has 0 aliphatic carbocycles. The first kappa shape index (κ1) is 21.1. The molecule has 1 aliphatic heterocycles. The van der Waals surface area contributed by atoms with Crippen LogP contribution in [0.25, 0.3) is 0 Å². The van der Waals surface area contributed by atoms with Crippen molar-refractivity contribution in [3.8, 4) is 0 Å². The summed E-state index contributed by atoms with van der Waals surface area (Å²) in [4.78, 5) is 15.5. The SMILES string of the molecule is Cc1ccc(SCCNC(=O)NCCCN2C[C@@H](C)O[C@H](C)C2)cc1C. The molecule has 0 spiro atoms. The van der Waals surface area contributed by atoms with Crippen LogP contribution >= 0.6 is 11.8 Å². The van der Waals surface area contributed by atoms with Gasteiger partial charge in [-0.1, -0.05) is 6.07 Å². The first-order valence-corrected chi connectivity index (χ1v) is 10.5. The van der Waals surface area contributed by atoms with E-state index < -0.39 is 0 Å². The standard InChI is InChI=1S/C20H33N3O2S/c1-15-6-7-19(12-16(15)2)26-11-9-22-20(24)21-8-5-10-23-13-17(3)25-18(4)14-23/h6-7,12,17-18H,5,8-11,13-14H2,1-4H3,(H2,21,22,24)/t17-,18-/m1/s1. The Morgan fingerprint density at radius 3 is 2.54 bits per heavy atom. The Labute approximate surface area is 162 Å². The van der Waals surface area contributed by atoms with E-state index in [4.69, 9.17) is 4.74 Å². The number of hydrogen-bond acceptors (Lipinski definition) is 4. The van der Waals surface area contributed by atoms with E-state index in [1.54, 1.807) is 11.8 Å². The number of carbonyl (C=O) groups is 1. The minimum atomic E-state index is -0.0746. The number of urea groups is 1. The molecule has 0 bridgehead atoms. The number of thioether (sulfide) groups is 1. The number of carbonyl (C=O) groups excluding carboxylic acids is 1. The average molecular weight is 380 g/mol. The number of benzene rings is 1. The average Bonchev–Trinajstić information content (AvgIpc) is 2.58. The summed E-state index contributed by atoms with van der Waals surface area (Å²) in [6, 6.07) is 6.41. The summed E-state index contributed by atoms with van der Waals surface area (Å²) < 4.78 is 5.74. The van der Waals surface area contributed by atoms with E-state index in [1.165, 1.54) is 16.0 Å². The van der Waals surface area contributed by atoms with E-state index in [0.29, 0.717) is 25.3 Å². The van der Waals surface area contributed by atoms with Gasteiger partial charge in [0.25, 0.3) is 0 Å². The topological polar surface area (TPSA) is 53.6 Å². The molecule has 2 atom stereocenters. The number of aryl methyl sites for hydroxylation is 2. The molecular formula is C20H33N3O2S. The second kappa shape index (κ2) is 10.8. The van der Waals surface area contributed by atoms with Gasteiger partial charge < -0.3 is 15.4 Å². The molecule has 1 saturated heterocycles. The summed E-state index contributed by atoms with van der Waals surface area (Å²) in [5.74, 6) is 0.874. The van der Waals surface area contributed by atoms with Gasteiger partial charge in [-0.2, -0.15) is 0 Å². The number of nitrogens with zero attached hydrogens (tertiary/aromatic N) is 1. The van der Waals surface area contributed by atoms with Gasteiger partial charge in [0.1, 0.15) is 0 Å². The Balaban J connectivity index is 1.51. The molecule has 5 nitrogen and oxygen atoms in total. The lowest BCUT2D eigenvalue weighted by molar-refractivity contribution is -0.0679. The quantitative estimate of drug-likeness (QED) is 0.538. The Morgan fingerprint density at radius 2 is 1.85 bits per heavy atom. The molecular weight excluding hydrogens is 346 g/mol. The number of amides is 2. The normalized spacial score (nSPS) is 20.8. The van der Waals surface area contributed by atoms with Crippen molar-refractivity contribution in [3.05, 3.63) is 29.3 Å². The molecule has 146 valence electrons. The molecule has 1 aromatic rings. The maximum atomic E-state index is 11.8.